The fraction of sp³-hybridized carbons (Fsp3) is 0.0526. The second-order valence-corrected chi connectivity index (χ2v) is 5.25. The quantitative estimate of drug-likeness (QED) is 0.805. The largest absolute Gasteiger partial charge is 0.478 e. The summed E-state index contributed by atoms with van der Waals surface area (Å²) in [6.07, 6.45) is 1.37. The van der Waals surface area contributed by atoms with E-state index < -0.39 is 5.97 Å². The zero-order valence-corrected chi connectivity index (χ0v) is 12.3. The van der Waals surface area contributed by atoms with Crippen molar-refractivity contribution in [3.63, 3.8) is 0 Å². The Morgan fingerprint density at radius 2 is 1.52 bits per heavy atom. The van der Waals surface area contributed by atoms with Crippen LogP contribution in [0, 0.1) is 0 Å². The summed E-state index contributed by atoms with van der Waals surface area (Å²) >= 11 is 0. The Hall–Kier alpha value is -3.14. The lowest BCUT2D eigenvalue weighted by atomic mass is 10.0. The highest BCUT2D eigenvalue weighted by Crippen LogP contribution is 2.19. The van der Waals surface area contributed by atoms with Crippen LogP contribution in [0.1, 0.15) is 15.9 Å². The molecule has 4 heteroatoms. The molecule has 0 spiro atoms. The van der Waals surface area contributed by atoms with Crippen molar-refractivity contribution in [1.82, 2.24) is 4.57 Å². The van der Waals surface area contributed by atoms with E-state index in [0.29, 0.717) is 6.54 Å². The van der Waals surface area contributed by atoms with E-state index in [9.17, 15) is 9.59 Å². The second-order valence-electron chi connectivity index (χ2n) is 5.25. The molecule has 1 aromatic heterocycles. The molecular formula is C19H15NO3. The number of benzene rings is 2. The molecule has 1 heterocycles. The van der Waals surface area contributed by atoms with Crippen LogP contribution in [0.5, 0.6) is 0 Å². The van der Waals surface area contributed by atoms with Crippen LogP contribution in [0.4, 0.5) is 0 Å². The number of pyridine rings is 1. The Morgan fingerprint density at radius 3 is 2.17 bits per heavy atom. The molecule has 3 aromatic rings. The molecule has 4 nitrogen and oxygen atoms in total. The van der Waals surface area contributed by atoms with Gasteiger partial charge in [0, 0.05) is 12.3 Å². The summed E-state index contributed by atoms with van der Waals surface area (Å²) < 4.78 is 1.40. The molecule has 23 heavy (non-hydrogen) atoms. The third-order valence-electron chi connectivity index (χ3n) is 3.64. The third kappa shape index (κ3) is 3.37. The molecule has 114 valence electrons. The maximum absolute atomic E-state index is 11.9. The molecule has 3 rings (SSSR count). The molecule has 0 aliphatic heterocycles. The first-order valence-corrected chi connectivity index (χ1v) is 7.21. The van der Waals surface area contributed by atoms with Gasteiger partial charge in [0.05, 0.1) is 12.1 Å². The van der Waals surface area contributed by atoms with Crippen LogP contribution in [-0.4, -0.2) is 15.6 Å². The van der Waals surface area contributed by atoms with Crippen LogP contribution in [0.2, 0.25) is 0 Å². The van der Waals surface area contributed by atoms with Crippen LogP contribution >= 0.6 is 0 Å². The van der Waals surface area contributed by atoms with Crippen molar-refractivity contribution in [2.45, 2.75) is 6.54 Å². The van der Waals surface area contributed by atoms with E-state index in [-0.39, 0.29) is 11.1 Å². The monoisotopic (exact) mass is 305 g/mol. The van der Waals surface area contributed by atoms with Crippen molar-refractivity contribution < 1.29 is 9.90 Å². The lowest BCUT2D eigenvalue weighted by molar-refractivity contribution is 0.0696. The first-order chi connectivity index (χ1) is 11.1. The normalized spacial score (nSPS) is 10.4. The van der Waals surface area contributed by atoms with E-state index >= 15 is 0 Å². The average Bonchev–Trinajstić information content (AvgIpc) is 2.58. The second kappa shape index (κ2) is 6.32. The van der Waals surface area contributed by atoms with Gasteiger partial charge in [-0.3, -0.25) is 4.79 Å². The Balaban J connectivity index is 1.85. The predicted octanol–water partition coefficient (Wildman–Crippen LogP) is 3.26. The van der Waals surface area contributed by atoms with Crippen molar-refractivity contribution in [1.29, 1.82) is 0 Å². The molecule has 2 aromatic carbocycles. The number of carbonyl (C=O) groups is 1. The maximum atomic E-state index is 11.9. The summed E-state index contributed by atoms with van der Waals surface area (Å²) in [5, 5.41) is 9.01. The number of carboxylic acid groups (broad SMARTS) is 1. The first-order valence-electron chi connectivity index (χ1n) is 7.21. The molecule has 0 atom stereocenters. The fourth-order valence-corrected chi connectivity index (χ4v) is 2.41. The molecule has 0 radical (unpaired) electrons. The van der Waals surface area contributed by atoms with E-state index in [1.54, 1.807) is 0 Å². The van der Waals surface area contributed by atoms with Gasteiger partial charge in [-0.15, -0.1) is 0 Å². The van der Waals surface area contributed by atoms with Gasteiger partial charge in [0.1, 0.15) is 0 Å². The molecule has 0 bridgehead atoms. The van der Waals surface area contributed by atoms with E-state index in [1.807, 2.05) is 54.6 Å². The number of hydrogen-bond acceptors (Lipinski definition) is 2. The molecular weight excluding hydrogens is 290 g/mol. The summed E-state index contributed by atoms with van der Waals surface area (Å²) in [5.74, 6) is -1.04. The first kappa shape index (κ1) is 14.8. The molecule has 0 aliphatic rings. The number of aromatic carboxylic acids is 1. The SMILES string of the molecule is O=C(O)c1ccc(=O)n(Cc2ccc(-c3ccccc3)cc2)c1. The van der Waals surface area contributed by atoms with Crippen molar-refractivity contribution >= 4 is 5.97 Å². The highest BCUT2D eigenvalue weighted by molar-refractivity contribution is 5.87. The average molecular weight is 305 g/mol. The highest BCUT2D eigenvalue weighted by Gasteiger charge is 2.06. The number of aromatic nitrogens is 1. The predicted molar refractivity (Wildman–Crippen MR) is 88.6 cm³/mol. The van der Waals surface area contributed by atoms with E-state index in [0.717, 1.165) is 16.7 Å². The molecule has 1 N–H and O–H groups in total. The lowest BCUT2D eigenvalue weighted by Crippen LogP contribution is -2.20. The highest BCUT2D eigenvalue weighted by atomic mass is 16.4. The van der Waals surface area contributed by atoms with Crippen molar-refractivity contribution in [2.24, 2.45) is 0 Å². The third-order valence-corrected chi connectivity index (χ3v) is 3.64. The van der Waals surface area contributed by atoms with E-state index in [2.05, 4.69) is 0 Å². The summed E-state index contributed by atoms with van der Waals surface area (Å²) in [5.41, 5.74) is 3.05. The molecule has 0 amide bonds. The van der Waals surface area contributed by atoms with Crippen LogP contribution in [0.25, 0.3) is 11.1 Å². The Morgan fingerprint density at radius 1 is 0.870 bits per heavy atom. The van der Waals surface area contributed by atoms with Gasteiger partial charge >= 0.3 is 5.97 Å². The van der Waals surface area contributed by atoms with Gasteiger partial charge in [0.15, 0.2) is 0 Å². The van der Waals surface area contributed by atoms with Crippen LogP contribution in [-0.2, 0) is 6.54 Å². The van der Waals surface area contributed by atoms with Crippen molar-refractivity contribution in [3.05, 3.63) is 94.4 Å². The molecule has 0 fully saturated rings. The Kier molecular flexibility index (Phi) is 4.06. The number of nitrogens with zero attached hydrogens (tertiary/aromatic N) is 1. The van der Waals surface area contributed by atoms with Crippen LogP contribution < -0.4 is 5.56 Å². The molecule has 0 saturated heterocycles. The summed E-state index contributed by atoms with van der Waals surface area (Å²) in [6, 6.07) is 20.5. The number of hydrogen-bond donors (Lipinski definition) is 1. The molecule has 0 aliphatic carbocycles. The van der Waals surface area contributed by atoms with Crippen LogP contribution in [0.3, 0.4) is 0 Å². The molecule has 0 saturated carbocycles. The number of carboxylic acids is 1. The minimum Gasteiger partial charge on any atom is -0.478 e. The lowest BCUT2D eigenvalue weighted by Gasteiger charge is -2.08. The zero-order valence-electron chi connectivity index (χ0n) is 12.3. The standard InChI is InChI=1S/C19H15NO3/c21-18-11-10-17(19(22)23)13-20(18)12-14-6-8-16(9-7-14)15-4-2-1-3-5-15/h1-11,13H,12H2,(H,22,23). The summed E-state index contributed by atoms with van der Waals surface area (Å²) in [4.78, 5) is 22.9. The van der Waals surface area contributed by atoms with Gasteiger partial charge in [-0.2, -0.15) is 0 Å². The van der Waals surface area contributed by atoms with Gasteiger partial charge in [-0.25, -0.2) is 4.79 Å². The van der Waals surface area contributed by atoms with Gasteiger partial charge < -0.3 is 9.67 Å². The summed E-state index contributed by atoms with van der Waals surface area (Å²) in [6.45, 7) is 0.342. The maximum Gasteiger partial charge on any atom is 0.337 e. The van der Waals surface area contributed by atoms with Gasteiger partial charge in [-0.1, -0.05) is 54.6 Å². The molecule has 0 unspecified atom stereocenters. The summed E-state index contributed by atoms with van der Waals surface area (Å²) in [7, 11) is 0. The number of rotatable bonds is 4. The topological polar surface area (TPSA) is 59.3 Å². The van der Waals surface area contributed by atoms with Gasteiger partial charge in [-0.05, 0) is 22.8 Å². The fourth-order valence-electron chi connectivity index (χ4n) is 2.41. The van der Waals surface area contributed by atoms with Crippen molar-refractivity contribution in [2.75, 3.05) is 0 Å². The minimum atomic E-state index is -1.04. The smallest absolute Gasteiger partial charge is 0.337 e. The van der Waals surface area contributed by atoms with E-state index in [4.69, 9.17) is 5.11 Å². The minimum absolute atomic E-state index is 0.102. The van der Waals surface area contributed by atoms with E-state index in [1.165, 1.54) is 22.9 Å². The van der Waals surface area contributed by atoms with Crippen molar-refractivity contribution in [3.8, 4) is 11.1 Å². The zero-order chi connectivity index (χ0) is 16.2. The van der Waals surface area contributed by atoms with Crippen LogP contribution in [0.15, 0.2) is 77.7 Å². The Bertz CT molecular complexity index is 880. The van der Waals surface area contributed by atoms with Gasteiger partial charge in [0.25, 0.3) is 5.56 Å². The Labute approximate surface area is 133 Å². The van der Waals surface area contributed by atoms with Gasteiger partial charge in [0.2, 0.25) is 0 Å².